The number of furan rings is 1. The maximum absolute atomic E-state index is 13.7. The van der Waals surface area contributed by atoms with E-state index in [0.29, 0.717) is 27.9 Å². The maximum Gasteiger partial charge on any atom is 0.255 e. The quantitative estimate of drug-likeness (QED) is 0.197. The molecule has 0 unspecified atom stereocenters. The Morgan fingerprint density at radius 1 is 1.00 bits per heavy atom. The maximum atomic E-state index is 13.7. The summed E-state index contributed by atoms with van der Waals surface area (Å²) in [4.78, 5) is 42.5. The second kappa shape index (κ2) is 11.8. The lowest BCUT2D eigenvalue weighted by Gasteiger charge is -2.20. The van der Waals surface area contributed by atoms with Gasteiger partial charge in [0.15, 0.2) is 6.61 Å². The third kappa shape index (κ3) is 5.92. The lowest BCUT2D eigenvalue weighted by atomic mass is 9.97. The van der Waals surface area contributed by atoms with Gasteiger partial charge in [-0.2, -0.15) is 0 Å². The number of amides is 3. The minimum Gasteiger partial charge on any atom is -0.496 e. The number of carbonyl (C=O) groups excluding carboxylic acids is 3. The van der Waals surface area contributed by atoms with Crippen LogP contribution in [0.15, 0.2) is 83.4 Å². The molecular formula is C34H29FN4O6. The van der Waals surface area contributed by atoms with Crippen molar-refractivity contribution in [2.24, 2.45) is 11.5 Å². The normalized spacial score (nSPS) is 13.3. The number of nitrogens with two attached hydrogens (primary N) is 2. The van der Waals surface area contributed by atoms with E-state index in [0.717, 1.165) is 24.1 Å². The first-order valence-electron chi connectivity index (χ1n) is 14.1. The average Bonchev–Trinajstić information content (AvgIpc) is 3.72. The number of primary amides is 2. The Labute approximate surface area is 257 Å². The zero-order valence-corrected chi connectivity index (χ0v) is 24.3. The SMILES string of the molecule is COc1cc(OCC(N)=O)c(-c2ccc3oc(Cc4ccc(F)cc4)c(C(N)=O)c3c2)cc1C(=O)NC1(c2ccccn2)CC1. The molecule has 3 aromatic carbocycles. The lowest BCUT2D eigenvalue weighted by Crippen LogP contribution is -2.35. The molecule has 0 spiro atoms. The molecule has 0 bridgehead atoms. The molecule has 0 aliphatic heterocycles. The van der Waals surface area contributed by atoms with Crippen LogP contribution in [0.3, 0.4) is 0 Å². The van der Waals surface area contributed by atoms with E-state index in [1.807, 2.05) is 18.2 Å². The van der Waals surface area contributed by atoms with Gasteiger partial charge in [-0.05, 0) is 66.4 Å². The van der Waals surface area contributed by atoms with Gasteiger partial charge in [0, 0.05) is 29.6 Å². The van der Waals surface area contributed by atoms with Gasteiger partial charge in [-0.1, -0.05) is 24.3 Å². The molecule has 228 valence electrons. The minimum absolute atomic E-state index is 0.174. The Morgan fingerprint density at radius 2 is 1.78 bits per heavy atom. The van der Waals surface area contributed by atoms with Gasteiger partial charge in [0.25, 0.3) is 17.7 Å². The standard InChI is InChI=1S/C34H29FN4O6/c1-43-26-17-27(44-18-30(36)40)22(16-24(26)33(42)39-34(11-12-34)29-4-2-3-13-38-29)20-7-10-25-23(15-20)31(32(37)41)28(45-25)14-19-5-8-21(35)9-6-19/h2-10,13,15-17H,11-12,14,18H2,1H3,(H2,36,40)(H2,37,41)(H,39,42). The van der Waals surface area contributed by atoms with E-state index in [9.17, 15) is 18.8 Å². The molecule has 2 heterocycles. The molecule has 5 aromatic rings. The van der Waals surface area contributed by atoms with Gasteiger partial charge in [-0.25, -0.2) is 4.39 Å². The second-order valence-electron chi connectivity index (χ2n) is 10.8. The number of fused-ring (bicyclic) bond motifs is 1. The number of pyridine rings is 1. The number of nitrogens with one attached hydrogen (secondary N) is 1. The Hall–Kier alpha value is -5.71. The fourth-order valence-electron chi connectivity index (χ4n) is 5.40. The van der Waals surface area contributed by atoms with Crippen molar-refractivity contribution in [2.45, 2.75) is 24.8 Å². The Balaban J connectivity index is 1.43. The Kier molecular flexibility index (Phi) is 7.67. The molecule has 1 fully saturated rings. The van der Waals surface area contributed by atoms with E-state index in [1.54, 1.807) is 42.6 Å². The molecule has 5 N–H and O–H groups in total. The number of rotatable bonds is 11. The van der Waals surface area contributed by atoms with Crippen LogP contribution in [0.2, 0.25) is 0 Å². The first-order valence-corrected chi connectivity index (χ1v) is 14.1. The monoisotopic (exact) mass is 608 g/mol. The van der Waals surface area contributed by atoms with Crippen LogP contribution in [0.5, 0.6) is 11.5 Å². The molecule has 1 aliphatic rings. The zero-order chi connectivity index (χ0) is 31.7. The minimum atomic E-state index is -0.702. The summed E-state index contributed by atoms with van der Waals surface area (Å²) in [5.41, 5.74) is 13.9. The number of methoxy groups -OCH3 is 1. The highest BCUT2D eigenvalue weighted by atomic mass is 19.1. The van der Waals surface area contributed by atoms with Crippen LogP contribution >= 0.6 is 0 Å². The molecule has 0 saturated heterocycles. The molecule has 6 rings (SSSR count). The van der Waals surface area contributed by atoms with Gasteiger partial charge in [0.2, 0.25) is 0 Å². The number of nitrogens with zero attached hydrogens (tertiary/aromatic N) is 1. The predicted molar refractivity (Wildman–Crippen MR) is 163 cm³/mol. The highest BCUT2D eigenvalue weighted by Gasteiger charge is 2.47. The van der Waals surface area contributed by atoms with Gasteiger partial charge < -0.3 is 30.7 Å². The van der Waals surface area contributed by atoms with Gasteiger partial charge in [0.1, 0.15) is 28.7 Å². The molecule has 1 saturated carbocycles. The van der Waals surface area contributed by atoms with E-state index < -0.39 is 24.0 Å². The summed E-state index contributed by atoms with van der Waals surface area (Å²) in [6.07, 6.45) is 3.36. The summed E-state index contributed by atoms with van der Waals surface area (Å²) in [6, 6.07) is 19.6. The highest BCUT2D eigenvalue weighted by molar-refractivity contribution is 6.08. The van der Waals surface area contributed by atoms with Gasteiger partial charge in [-0.3, -0.25) is 19.4 Å². The van der Waals surface area contributed by atoms with Crippen LogP contribution in [0.25, 0.3) is 22.1 Å². The van der Waals surface area contributed by atoms with E-state index in [1.165, 1.54) is 25.3 Å². The van der Waals surface area contributed by atoms with Crippen molar-refractivity contribution in [3.8, 4) is 22.6 Å². The van der Waals surface area contributed by atoms with Crippen molar-refractivity contribution in [2.75, 3.05) is 13.7 Å². The number of hydrogen-bond donors (Lipinski definition) is 3. The molecule has 1 aliphatic carbocycles. The number of halogens is 1. The number of carbonyl (C=O) groups is 3. The average molecular weight is 609 g/mol. The summed E-state index contributed by atoms with van der Waals surface area (Å²) in [7, 11) is 1.43. The Morgan fingerprint density at radius 3 is 2.42 bits per heavy atom. The first kappa shape index (κ1) is 29.4. The molecule has 11 heteroatoms. The number of aromatic nitrogens is 1. The van der Waals surface area contributed by atoms with Crippen molar-refractivity contribution in [1.29, 1.82) is 0 Å². The van der Waals surface area contributed by atoms with Gasteiger partial charge >= 0.3 is 0 Å². The van der Waals surface area contributed by atoms with Gasteiger partial charge in [-0.15, -0.1) is 0 Å². The van der Waals surface area contributed by atoms with Gasteiger partial charge in [0.05, 0.1) is 29.5 Å². The molecule has 10 nitrogen and oxygen atoms in total. The zero-order valence-electron chi connectivity index (χ0n) is 24.3. The molecule has 0 radical (unpaired) electrons. The third-order valence-electron chi connectivity index (χ3n) is 7.77. The third-order valence-corrected chi connectivity index (χ3v) is 7.77. The fourth-order valence-corrected chi connectivity index (χ4v) is 5.40. The van der Waals surface area contributed by atoms with Crippen molar-refractivity contribution < 1.29 is 32.7 Å². The van der Waals surface area contributed by atoms with Crippen LogP contribution in [-0.4, -0.2) is 36.4 Å². The number of hydrogen-bond acceptors (Lipinski definition) is 7. The summed E-state index contributed by atoms with van der Waals surface area (Å²) >= 11 is 0. The molecular weight excluding hydrogens is 579 g/mol. The topological polar surface area (TPSA) is 160 Å². The van der Waals surface area contributed by atoms with E-state index in [4.69, 9.17) is 25.4 Å². The smallest absolute Gasteiger partial charge is 0.255 e. The highest BCUT2D eigenvalue weighted by Crippen LogP contribution is 2.45. The van der Waals surface area contributed by atoms with Crippen molar-refractivity contribution in [1.82, 2.24) is 10.3 Å². The van der Waals surface area contributed by atoms with Crippen LogP contribution in [-0.2, 0) is 16.8 Å². The summed E-state index contributed by atoms with van der Waals surface area (Å²) in [6.45, 7) is -0.424. The summed E-state index contributed by atoms with van der Waals surface area (Å²) in [5.74, 6) is -1.40. The molecule has 3 amide bonds. The first-order chi connectivity index (χ1) is 21.7. The van der Waals surface area contributed by atoms with Crippen LogP contribution in [0, 0.1) is 5.82 Å². The molecule has 2 aromatic heterocycles. The predicted octanol–water partition coefficient (Wildman–Crippen LogP) is 4.62. The molecule has 45 heavy (non-hydrogen) atoms. The lowest BCUT2D eigenvalue weighted by molar-refractivity contribution is -0.119. The second-order valence-corrected chi connectivity index (χ2v) is 10.8. The van der Waals surface area contributed by atoms with Crippen molar-refractivity contribution in [3.63, 3.8) is 0 Å². The van der Waals surface area contributed by atoms with Crippen LogP contribution in [0.1, 0.15) is 50.6 Å². The molecule has 0 atom stereocenters. The van der Waals surface area contributed by atoms with E-state index in [-0.39, 0.29) is 40.8 Å². The fraction of sp³-hybridized carbons (Fsp3) is 0.176. The number of benzene rings is 3. The van der Waals surface area contributed by atoms with Crippen molar-refractivity contribution >= 4 is 28.7 Å². The Bertz CT molecular complexity index is 1930. The van der Waals surface area contributed by atoms with Crippen molar-refractivity contribution in [3.05, 3.63) is 113 Å². The van der Waals surface area contributed by atoms with Crippen LogP contribution in [0.4, 0.5) is 4.39 Å². The summed E-state index contributed by atoms with van der Waals surface area (Å²) < 4.78 is 30.8. The largest absolute Gasteiger partial charge is 0.496 e. The summed E-state index contributed by atoms with van der Waals surface area (Å²) in [5, 5.41) is 3.55. The van der Waals surface area contributed by atoms with Crippen LogP contribution < -0.4 is 26.3 Å². The van der Waals surface area contributed by atoms with E-state index in [2.05, 4.69) is 10.3 Å². The number of ether oxygens (including phenoxy) is 2. The van der Waals surface area contributed by atoms with E-state index >= 15 is 0 Å².